The van der Waals surface area contributed by atoms with Gasteiger partial charge in [-0.25, -0.2) is 4.99 Å². The number of carbonyl (C=O) groups is 1. The average Bonchev–Trinajstić information content (AvgIpc) is 2.84. The van der Waals surface area contributed by atoms with Gasteiger partial charge in [-0.1, -0.05) is 40.2 Å². The predicted octanol–water partition coefficient (Wildman–Crippen LogP) is 5.10. The molecule has 1 saturated heterocycles. The smallest absolute Gasteiger partial charge is 0.264 e. The Morgan fingerprint density at radius 3 is 2.50 bits per heavy atom. The zero-order chi connectivity index (χ0) is 15.5. The van der Waals surface area contributed by atoms with Gasteiger partial charge in [0.2, 0.25) is 0 Å². The first-order valence-corrected chi connectivity index (χ1v) is 8.82. The molecule has 3 rings (SSSR count). The standard InChI is InChI=1S/C16H10Br2N2OS/c17-11-7-5-10(6-8-11)9-14-15(21)20-16(22-14)19-13-4-2-1-3-12(13)18/h1-9H,(H,19,20,21). The van der Waals surface area contributed by atoms with Crippen LogP contribution in [-0.2, 0) is 4.79 Å². The number of amidine groups is 1. The molecule has 110 valence electrons. The third-order valence-electron chi connectivity index (χ3n) is 2.89. The highest BCUT2D eigenvalue weighted by Gasteiger charge is 2.23. The van der Waals surface area contributed by atoms with E-state index < -0.39 is 0 Å². The predicted molar refractivity (Wildman–Crippen MR) is 99.1 cm³/mol. The summed E-state index contributed by atoms with van der Waals surface area (Å²) in [4.78, 5) is 17.1. The summed E-state index contributed by atoms with van der Waals surface area (Å²) in [6.07, 6.45) is 1.86. The van der Waals surface area contributed by atoms with Crippen LogP contribution in [0.15, 0.2) is 67.4 Å². The number of amides is 1. The van der Waals surface area contributed by atoms with E-state index in [1.54, 1.807) is 0 Å². The van der Waals surface area contributed by atoms with E-state index in [0.29, 0.717) is 10.1 Å². The van der Waals surface area contributed by atoms with E-state index in [9.17, 15) is 4.79 Å². The van der Waals surface area contributed by atoms with Crippen LogP contribution >= 0.6 is 43.6 Å². The summed E-state index contributed by atoms with van der Waals surface area (Å²) in [5, 5.41) is 3.37. The molecule has 2 aromatic rings. The first-order valence-electron chi connectivity index (χ1n) is 6.41. The van der Waals surface area contributed by atoms with Gasteiger partial charge in [0.25, 0.3) is 5.91 Å². The van der Waals surface area contributed by atoms with Crippen LogP contribution in [0.2, 0.25) is 0 Å². The lowest BCUT2D eigenvalue weighted by atomic mass is 10.2. The molecule has 0 unspecified atom stereocenters. The van der Waals surface area contributed by atoms with E-state index >= 15 is 0 Å². The summed E-state index contributed by atoms with van der Waals surface area (Å²) in [7, 11) is 0. The molecule has 1 amide bonds. The molecule has 0 aromatic heterocycles. The van der Waals surface area contributed by atoms with Crippen molar-refractivity contribution < 1.29 is 4.79 Å². The molecule has 1 aliphatic heterocycles. The van der Waals surface area contributed by atoms with E-state index in [0.717, 1.165) is 20.2 Å². The number of para-hydroxylation sites is 1. The third-order valence-corrected chi connectivity index (χ3v) is 5.00. The number of thioether (sulfide) groups is 1. The van der Waals surface area contributed by atoms with Crippen molar-refractivity contribution in [3.05, 3.63) is 67.9 Å². The van der Waals surface area contributed by atoms with Crippen molar-refractivity contribution >= 4 is 66.5 Å². The van der Waals surface area contributed by atoms with E-state index in [1.165, 1.54) is 11.8 Å². The highest BCUT2D eigenvalue weighted by Crippen LogP contribution is 2.31. The second-order valence-electron chi connectivity index (χ2n) is 4.48. The molecule has 6 heteroatoms. The Hall–Kier alpha value is -1.37. The van der Waals surface area contributed by atoms with Crippen LogP contribution in [0.4, 0.5) is 5.69 Å². The van der Waals surface area contributed by atoms with Crippen molar-refractivity contribution in [3.8, 4) is 0 Å². The first-order chi connectivity index (χ1) is 10.6. The van der Waals surface area contributed by atoms with E-state index in [1.807, 2.05) is 54.6 Å². The van der Waals surface area contributed by atoms with E-state index in [4.69, 9.17) is 0 Å². The van der Waals surface area contributed by atoms with Gasteiger partial charge in [-0.15, -0.1) is 0 Å². The largest absolute Gasteiger partial charge is 0.300 e. The molecule has 0 bridgehead atoms. The summed E-state index contributed by atoms with van der Waals surface area (Å²) in [5.41, 5.74) is 1.76. The Labute approximate surface area is 149 Å². The average molecular weight is 438 g/mol. The highest BCUT2D eigenvalue weighted by molar-refractivity contribution is 9.10. The normalized spacial score (nSPS) is 18.0. The Kier molecular flexibility index (Phi) is 4.81. The third kappa shape index (κ3) is 3.69. The number of rotatable bonds is 2. The van der Waals surface area contributed by atoms with E-state index in [2.05, 4.69) is 42.2 Å². The molecule has 1 N–H and O–H groups in total. The zero-order valence-corrected chi connectivity index (χ0v) is 15.2. The number of hydrogen-bond acceptors (Lipinski definition) is 3. The topological polar surface area (TPSA) is 41.5 Å². The molecule has 3 nitrogen and oxygen atoms in total. The van der Waals surface area contributed by atoms with Crippen molar-refractivity contribution in [2.75, 3.05) is 0 Å². The molecular formula is C16H10Br2N2OS. The van der Waals surface area contributed by atoms with Crippen LogP contribution in [0.25, 0.3) is 6.08 Å². The number of carbonyl (C=O) groups excluding carboxylic acids is 1. The molecule has 1 aliphatic rings. The van der Waals surface area contributed by atoms with Crippen LogP contribution in [0.1, 0.15) is 5.56 Å². The number of nitrogens with one attached hydrogen (secondary N) is 1. The van der Waals surface area contributed by atoms with Gasteiger partial charge in [-0.05, 0) is 63.6 Å². The van der Waals surface area contributed by atoms with Gasteiger partial charge < -0.3 is 5.32 Å². The maximum Gasteiger partial charge on any atom is 0.264 e. The maximum atomic E-state index is 12.0. The fourth-order valence-electron chi connectivity index (χ4n) is 1.84. The molecule has 1 fully saturated rings. The number of hydrogen-bond donors (Lipinski definition) is 1. The minimum atomic E-state index is -0.126. The molecule has 0 saturated carbocycles. The van der Waals surface area contributed by atoms with Crippen LogP contribution in [0.5, 0.6) is 0 Å². The lowest BCUT2D eigenvalue weighted by Gasteiger charge is -1.98. The molecule has 0 aliphatic carbocycles. The molecule has 0 atom stereocenters. The summed E-state index contributed by atoms with van der Waals surface area (Å²) < 4.78 is 1.90. The lowest BCUT2D eigenvalue weighted by Crippen LogP contribution is -2.19. The monoisotopic (exact) mass is 436 g/mol. The second kappa shape index (κ2) is 6.81. The highest BCUT2D eigenvalue weighted by atomic mass is 79.9. The Morgan fingerprint density at radius 1 is 1.05 bits per heavy atom. The van der Waals surface area contributed by atoms with Crippen molar-refractivity contribution in [2.45, 2.75) is 0 Å². The van der Waals surface area contributed by atoms with Gasteiger partial charge in [0.05, 0.1) is 10.6 Å². The minimum Gasteiger partial charge on any atom is -0.300 e. The Balaban J connectivity index is 1.84. The minimum absolute atomic E-state index is 0.126. The first kappa shape index (κ1) is 15.5. The Morgan fingerprint density at radius 2 is 1.77 bits per heavy atom. The van der Waals surface area contributed by atoms with Gasteiger partial charge in [0.1, 0.15) is 0 Å². The molecule has 0 radical (unpaired) electrons. The van der Waals surface area contributed by atoms with Gasteiger partial charge in [0.15, 0.2) is 5.17 Å². The molecule has 1 heterocycles. The Bertz CT molecular complexity index is 785. The molecule has 0 spiro atoms. The van der Waals surface area contributed by atoms with Crippen molar-refractivity contribution in [1.29, 1.82) is 0 Å². The van der Waals surface area contributed by atoms with Gasteiger partial charge >= 0.3 is 0 Å². The summed E-state index contributed by atoms with van der Waals surface area (Å²) in [5.74, 6) is -0.126. The summed E-state index contributed by atoms with van der Waals surface area (Å²) in [6, 6.07) is 15.4. The number of aliphatic imine (C=N–C) groups is 1. The molecule has 2 aromatic carbocycles. The van der Waals surface area contributed by atoms with Crippen LogP contribution in [-0.4, -0.2) is 11.1 Å². The van der Waals surface area contributed by atoms with Gasteiger partial charge in [-0.3, -0.25) is 4.79 Å². The van der Waals surface area contributed by atoms with Crippen molar-refractivity contribution in [1.82, 2.24) is 5.32 Å². The van der Waals surface area contributed by atoms with Gasteiger partial charge in [-0.2, -0.15) is 0 Å². The van der Waals surface area contributed by atoms with Crippen LogP contribution in [0.3, 0.4) is 0 Å². The molecular weight excluding hydrogens is 428 g/mol. The quantitative estimate of drug-likeness (QED) is 0.663. The second-order valence-corrected chi connectivity index (χ2v) is 7.29. The van der Waals surface area contributed by atoms with Gasteiger partial charge in [0, 0.05) is 8.95 Å². The number of nitrogens with zero attached hydrogens (tertiary/aromatic N) is 1. The zero-order valence-electron chi connectivity index (χ0n) is 11.2. The fourth-order valence-corrected chi connectivity index (χ4v) is 3.32. The fraction of sp³-hybridized carbons (Fsp3) is 0. The summed E-state index contributed by atoms with van der Waals surface area (Å²) >= 11 is 8.18. The SMILES string of the molecule is O=C1NC(=Nc2ccccc2Br)SC1=Cc1ccc(Br)cc1. The van der Waals surface area contributed by atoms with Crippen molar-refractivity contribution in [2.24, 2.45) is 4.99 Å². The molecule has 22 heavy (non-hydrogen) atoms. The summed E-state index contributed by atoms with van der Waals surface area (Å²) in [6.45, 7) is 0. The lowest BCUT2D eigenvalue weighted by molar-refractivity contribution is -0.115. The van der Waals surface area contributed by atoms with Crippen molar-refractivity contribution in [3.63, 3.8) is 0 Å². The maximum absolute atomic E-state index is 12.0. The number of halogens is 2. The van der Waals surface area contributed by atoms with Crippen LogP contribution in [0, 0.1) is 0 Å². The van der Waals surface area contributed by atoms with E-state index in [-0.39, 0.29) is 5.91 Å². The van der Waals surface area contributed by atoms with Crippen LogP contribution < -0.4 is 5.32 Å². The number of benzene rings is 2.